The van der Waals surface area contributed by atoms with E-state index in [2.05, 4.69) is 221 Å². The quantitative estimate of drug-likeness (QED) is 0.106. The van der Waals surface area contributed by atoms with E-state index in [-0.39, 0.29) is 16.2 Å². The molecule has 0 amide bonds. The van der Waals surface area contributed by atoms with Crippen molar-refractivity contribution in [2.75, 3.05) is 0 Å². The Labute approximate surface area is 350 Å². The Morgan fingerprint density at radius 1 is 0.328 bits per heavy atom. The van der Waals surface area contributed by atoms with Gasteiger partial charge in [-0.25, -0.2) is 0 Å². The smallest absolute Gasteiger partial charge is 0.0407 e. The molecule has 1 heteroatoms. The van der Waals surface area contributed by atoms with Gasteiger partial charge in [-0.15, -0.1) is 0 Å². The normalized spacial score (nSPS) is 15.3. The molecule has 0 heterocycles. The van der Waals surface area contributed by atoms with Crippen molar-refractivity contribution in [3.63, 3.8) is 0 Å². The highest BCUT2D eigenvalue weighted by molar-refractivity contribution is 9.10. The molecule has 0 radical (unpaired) electrons. The number of rotatable bonds is 0. The lowest BCUT2D eigenvalue weighted by atomic mass is 9.80. The standard InChI is InChI=1S/C57H41Br/c1-55(2)49-17-11-9-15-41(49)43-26-21-34(29-51(43)55)19-24-39-37-13-7-8-14-38(37)40(25-20-35-22-27-44-42-16-10-12-18-50(42)56(3,4)52(44)30-35)47-33-54-48(32-46(39)47)45-28-23-36(58)31-53(45)57(54,5)6/h7-18,21-23,26-33H,1-6H3. The van der Waals surface area contributed by atoms with Crippen molar-refractivity contribution in [3.8, 4) is 57.1 Å². The molecule has 0 spiro atoms. The molecule has 0 nitrogen and oxygen atoms in total. The fourth-order valence-corrected chi connectivity index (χ4v) is 10.8. The second-order valence-electron chi connectivity index (χ2n) is 17.9. The van der Waals surface area contributed by atoms with Gasteiger partial charge in [-0.3, -0.25) is 0 Å². The molecule has 0 unspecified atom stereocenters. The fourth-order valence-electron chi connectivity index (χ4n) is 10.5. The lowest BCUT2D eigenvalue weighted by Gasteiger charge is -2.22. The Morgan fingerprint density at radius 2 is 0.724 bits per heavy atom. The topological polar surface area (TPSA) is 0 Å². The summed E-state index contributed by atoms with van der Waals surface area (Å²) in [5, 5.41) is 4.54. The van der Waals surface area contributed by atoms with E-state index in [1.54, 1.807) is 0 Å². The molecule has 0 aromatic heterocycles. The summed E-state index contributed by atoms with van der Waals surface area (Å²) in [5.74, 6) is 14.9. The van der Waals surface area contributed by atoms with E-state index in [0.717, 1.165) is 48.3 Å². The molecule has 0 fully saturated rings. The summed E-state index contributed by atoms with van der Waals surface area (Å²) in [6.45, 7) is 14.0. The van der Waals surface area contributed by atoms with Crippen LogP contribution in [0.5, 0.6) is 0 Å². The van der Waals surface area contributed by atoms with Crippen LogP contribution in [0.15, 0.2) is 144 Å². The van der Waals surface area contributed by atoms with Crippen molar-refractivity contribution in [1.29, 1.82) is 0 Å². The van der Waals surface area contributed by atoms with Crippen LogP contribution in [-0.4, -0.2) is 0 Å². The Hall–Kier alpha value is -6.12. The van der Waals surface area contributed by atoms with Crippen LogP contribution >= 0.6 is 15.9 Å². The summed E-state index contributed by atoms with van der Waals surface area (Å²) >= 11 is 3.77. The monoisotopic (exact) mass is 804 g/mol. The van der Waals surface area contributed by atoms with E-state index >= 15 is 0 Å². The summed E-state index contributed by atoms with van der Waals surface area (Å²) in [5.41, 5.74) is 19.7. The number of hydrogen-bond acceptors (Lipinski definition) is 0. The van der Waals surface area contributed by atoms with Crippen LogP contribution in [0.2, 0.25) is 0 Å². The van der Waals surface area contributed by atoms with Crippen LogP contribution in [-0.2, 0) is 16.2 Å². The van der Waals surface area contributed by atoms with Gasteiger partial charge >= 0.3 is 0 Å². The molecular formula is C57H41Br. The molecule has 276 valence electrons. The zero-order valence-corrected chi connectivity index (χ0v) is 35.2. The van der Waals surface area contributed by atoms with E-state index in [0.29, 0.717) is 0 Å². The van der Waals surface area contributed by atoms with Crippen molar-refractivity contribution in [1.82, 2.24) is 0 Å². The molecular weight excluding hydrogens is 765 g/mol. The van der Waals surface area contributed by atoms with Crippen LogP contribution in [0.1, 0.15) is 97.2 Å². The van der Waals surface area contributed by atoms with Gasteiger partial charge in [-0.2, -0.15) is 0 Å². The molecule has 58 heavy (non-hydrogen) atoms. The van der Waals surface area contributed by atoms with Crippen LogP contribution in [0.3, 0.4) is 0 Å². The van der Waals surface area contributed by atoms with Gasteiger partial charge in [0.25, 0.3) is 0 Å². The van der Waals surface area contributed by atoms with Gasteiger partial charge in [-0.1, -0.05) is 172 Å². The predicted octanol–water partition coefficient (Wildman–Crippen LogP) is 14.5. The van der Waals surface area contributed by atoms with Gasteiger partial charge in [0.2, 0.25) is 0 Å². The average Bonchev–Trinajstić information content (AvgIpc) is 3.70. The third-order valence-corrected chi connectivity index (χ3v) is 14.1. The van der Waals surface area contributed by atoms with Crippen molar-refractivity contribution in [3.05, 3.63) is 200 Å². The molecule has 0 bridgehead atoms. The Bertz CT molecular complexity index is 3270. The van der Waals surface area contributed by atoms with Crippen LogP contribution < -0.4 is 0 Å². The van der Waals surface area contributed by atoms with Crippen LogP contribution in [0, 0.1) is 23.7 Å². The van der Waals surface area contributed by atoms with Crippen molar-refractivity contribution < 1.29 is 0 Å². The molecule has 0 atom stereocenters. The largest absolute Gasteiger partial charge is 0.0619 e. The molecule has 3 aliphatic carbocycles. The minimum Gasteiger partial charge on any atom is -0.0619 e. The van der Waals surface area contributed by atoms with E-state index < -0.39 is 0 Å². The maximum Gasteiger partial charge on any atom is 0.0407 e. The van der Waals surface area contributed by atoms with Crippen LogP contribution in [0.25, 0.3) is 54.9 Å². The minimum atomic E-state index is -0.180. The lowest BCUT2D eigenvalue weighted by Crippen LogP contribution is -2.15. The SMILES string of the molecule is CC1(C)c2ccccc2-c2ccc(C#Cc3c4ccccc4c(C#Cc4ccc5c(c4)C(C)(C)c4ccccc4-5)c4cc5c(cc34)-c3ccc(Br)cc3C5(C)C)cc21. The molecule has 3 aliphatic rings. The van der Waals surface area contributed by atoms with E-state index in [1.807, 2.05) is 0 Å². The van der Waals surface area contributed by atoms with E-state index in [4.69, 9.17) is 0 Å². The average molecular weight is 806 g/mol. The predicted molar refractivity (Wildman–Crippen MR) is 247 cm³/mol. The molecule has 0 saturated heterocycles. The van der Waals surface area contributed by atoms with Crippen molar-refractivity contribution in [2.45, 2.75) is 57.8 Å². The molecule has 8 aromatic carbocycles. The Morgan fingerprint density at radius 3 is 1.28 bits per heavy atom. The van der Waals surface area contributed by atoms with Gasteiger partial charge in [0.05, 0.1) is 0 Å². The van der Waals surface area contributed by atoms with E-state index in [9.17, 15) is 0 Å². The zero-order valence-electron chi connectivity index (χ0n) is 33.7. The highest BCUT2D eigenvalue weighted by atomic mass is 79.9. The Balaban J connectivity index is 1.13. The summed E-state index contributed by atoms with van der Waals surface area (Å²) in [6, 6.07) is 51.5. The maximum atomic E-state index is 3.78. The second kappa shape index (κ2) is 12.2. The third kappa shape index (κ3) is 4.90. The van der Waals surface area contributed by atoms with Gasteiger partial charge in [0.1, 0.15) is 0 Å². The summed E-state index contributed by atoms with van der Waals surface area (Å²) in [4.78, 5) is 0. The lowest BCUT2D eigenvalue weighted by molar-refractivity contribution is 0.660. The maximum absolute atomic E-state index is 3.78. The summed E-state index contributed by atoms with van der Waals surface area (Å²) < 4.78 is 1.10. The molecule has 0 saturated carbocycles. The van der Waals surface area contributed by atoms with Gasteiger partial charge in [-0.05, 0) is 137 Å². The zero-order chi connectivity index (χ0) is 39.7. The summed E-state index contributed by atoms with van der Waals surface area (Å²) in [6.07, 6.45) is 0. The van der Waals surface area contributed by atoms with Gasteiger partial charge in [0, 0.05) is 43.0 Å². The molecule has 0 N–H and O–H groups in total. The number of hydrogen-bond donors (Lipinski definition) is 0. The van der Waals surface area contributed by atoms with Gasteiger partial charge < -0.3 is 0 Å². The van der Waals surface area contributed by atoms with Gasteiger partial charge in [0.15, 0.2) is 0 Å². The van der Waals surface area contributed by atoms with E-state index in [1.165, 1.54) is 66.8 Å². The first-order valence-electron chi connectivity index (χ1n) is 20.3. The number of halogens is 1. The number of fused-ring (bicyclic) bond motifs is 11. The highest BCUT2D eigenvalue weighted by Crippen LogP contribution is 2.53. The molecule has 0 aliphatic heterocycles. The fraction of sp³-hybridized carbons (Fsp3) is 0.158. The second-order valence-corrected chi connectivity index (χ2v) is 18.8. The number of benzene rings is 8. The highest BCUT2D eigenvalue weighted by Gasteiger charge is 2.38. The first kappa shape index (κ1) is 35.1. The minimum absolute atomic E-state index is 0.0853. The first-order chi connectivity index (χ1) is 27.9. The van der Waals surface area contributed by atoms with Crippen molar-refractivity contribution in [2.24, 2.45) is 0 Å². The Kier molecular flexibility index (Phi) is 7.38. The third-order valence-electron chi connectivity index (χ3n) is 13.6. The summed E-state index contributed by atoms with van der Waals surface area (Å²) in [7, 11) is 0. The van der Waals surface area contributed by atoms with Crippen molar-refractivity contribution >= 4 is 37.5 Å². The molecule has 11 rings (SSSR count). The van der Waals surface area contributed by atoms with Crippen LogP contribution in [0.4, 0.5) is 0 Å². The molecule has 8 aromatic rings. The first-order valence-corrected chi connectivity index (χ1v) is 21.1.